The van der Waals surface area contributed by atoms with E-state index in [9.17, 15) is 14.3 Å². The van der Waals surface area contributed by atoms with E-state index < -0.39 is 5.60 Å². The molecule has 0 aliphatic carbocycles. The van der Waals surface area contributed by atoms with E-state index in [-0.39, 0.29) is 11.7 Å². The number of hydrogen-bond acceptors (Lipinski definition) is 5. The Hall–Kier alpha value is -3.03. The summed E-state index contributed by atoms with van der Waals surface area (Å²) in [6, 6.07) is 14.2. The predicted molar refractivity (Wildman–Crippen MR) is 122 cm³/mol. The molecule has 32 heavy (non-hydrogen) atoms. The highest BCUT2D eigenvalue weighted by Crippen LogP contribution is 2.38. The second-order valence-corrected chi connectivity index (χ2v) is 8.61. The molecule has 5 rings (SSSR count). The van der Waals surface area contributed by atoms with Crippen LogP contribution in [0.2, 0.25) is 0 Å². The molecule has 2 aliphatic rings. The van der Waals surface area contributed by atoms with Crippen molar-refractivity contribution in [2.45, 2.75) is 18.4 Å². The Kier molecular flexibility index (Phi) is 5.53. The maximum atomic E-state index is 14.2. The molecule has 3 aromatic rings. The van der Waals surface area contributed by atoms with Gasteiger partial charge >= 0.3 is 0 Å². The first kappa shape index (κ1) is 20.8. The number of rotatable bonds is 3. The van der Waals surface area contributed by atoms with Crippen molar-refractivity contribution in [2.24, 2.45) is 0 Å². The first-order valence-corrected chi connectivity index (χ1v) is 11.2. The zero-order valence-electron chi connectivity index (χ0n) is 17.9. The summed E-state index contributed by atoms with van der Waals surface area (Å²) in [4.78, 5) is 21.8. The highest BCUT2D eigenvalue weighted by Gasteiger charge is 2.36. The highest BCUT2D eigenvalue weighted by atomic mass is 19.1. The van der Waals surface area contributed by atoms with Crippen molar-refractivity contribution in [3.05, 3.63) is 71.7 Å². The van der Waals surface area contributed by atoms with Crippen LogP contribution in [0.5, 0.6) is 0 Å². The Labute approximate surface area is 186 Å². The number of pyridine rings is 1. The van der Waals surface area contributed by atoms with Crippen LogP contribution in [0.15, 0.2) is 54.7 Å². The Bertz CT molecular complexity index is 1120. The fraction of sp³-hybridized carbons (Fsp3) is 0.360. The van der Waals surface area contributed by atoms with Gasteiger partial charge in [0.25, 0.3) is 5.91 Å². The van der Waals surface area contributed by atoms with E-state index in [1.165, 1.54) is 12.1 Å². The van der Waals surface area contributed by atoms with Crippen LogP contribution < -0.4 is 10.2 Å². The molecule has 2 aliphatic heterocycles. The number of anilines is 1. The van der Waals surface area contributed by atoms with Gasteiger partial charge in [-0.1, -0.05) is 30.3 Å². The third-order valence-corrected chi connectivity index (χ3v) is 6.65. The molecule has 2 saturated heterocycles. The Morgan fingerprint density at radius 1 is 1.03 bits per heavy atom. The smallest absolute Gasteiger partial charge is 0.257 e. The van der Waals surface area contributed by atoms with Gasteiger partial charge in [0, 0.05) is 50.9 Å². The minimum absolute atomic E-state index is 0.0796. The summed E-state index contributed by atoms with van der Waals surface area (Å²) >= 11 is 0. The monoisotopic (exact) mass is 434 g/mol. The molecule has 2 aromatic carbocycles. The van der Waals surface area contributed by atoms with Gasteiger partial charge in [0.05, 0.1) is 22.4 Å². The number of halogens is 1. The second kappa shape index (κ2) is 8.48. The second-order valence-electron chi connectivity index (χ2n) is 8.61. The minimum atomic E-state index is -0.908. The predicted octanol–water partition coefficient (Wildman–Crippen LogP) is 2.91. The lowest BCUT2D eigenvalue weighted by Gasteiger charge is -2.40. The Morgan fingerprint density at radius 3 is 2.47 bits per heavy atom. The van der Waals surface area contributed by atoms with Crippen LogP contribution in [-0.4, -0.2) is 60.2 Å². The number of hydrogen-bond donors (Lipinski definition) is 2. The molecule has 0 saturated carbocycles. The lowest BCUT2D eigenvalue weighted by atomic mass is 9.84. The quantitative estimate of drug-likeness (QED) is 0.664. The van der Waals surface area contributed by atoms with E-state index in [0.717, 1.165) is 18.7 Å². The molecule has 7 heteroatoms. The number of piperidine rings is 1. The zero-order valence-corrected chi connectivity index (χ0v) is 17.9. The summed E-state index contributed by atoms with van der Waals surface area (Å²) in [5.41, 5.74) is 1.86. The van der Waals surface area contributed by atoms with Crippen LogP contribution in [0.4, 0.5) is 10.1 Å². The average molecular weight is 435 g/mol. The van der Waals surface area contributed by atoms with Crippen molar-refractivity contribution in [3.8, 4) is 0 Å². The van der Waals surface area contributed by atoms with Crippen molar-refractivity contribution in [3.63, 3.8) is 0 Å². The van der Waals surface area contributed by atoms with Crippen LogP contribution in [0.1, 0.15) is 28.8 Å². The molecule has 166 valence electrons. The number of benzene rings is 2. The van der Waals surface area contributed by atoms with Gasteiger partial charge in [-0.2, -0.15) is 0 Å². The SMILES string of the molecule is O=C(c1cnc2ccc(F)cc2c1N1CCC(O)(c2ccccc2)CC1)N1CCNCC1. The number of nitrogens with one attached hydrogen (secondary N) is 1. The van der Waals surface area contributed by atoms with Crippen molar-refractivity contribution in [2.75, 3.05) is 44.2 Å². The average Bonchev–Trinajstić information content (AvgIpc) is 2.84. The largest absolute Gasteiger partial charge is 0.385 e. The zero-order chi connectivity index (χ0) is 22.1. The first-order chi connectivity index (χ1) is 15.5. The molecule has 0 spiro atoms. The Balaban J connectivity index is 1.52. The van der Waals surface area contributed by atoms with Crippen LogP contribution in [0.25, 0.3) is 10.9 Å². The molecular weight excluding hydrogens is 407 g/mol. The maximum absolute atomic E-state index is 14.2. The van der Waals surface area contributed by atoms with Crippen LogP contribution in [-0.2, 0) is 5.60 Å². The molecular formula is C25H27FN4O2. The Morgan fingerprint density at radius 2 is 1.75 bits per heavy atom. The lowest BCUT2D eigenvalue weighted by molar-refractivity contribution is 0.0118. The number of amides is 1. The molecule has 2 fully saturated rings. The first-order valence-electron chi connectivity index (χ1n) is 11.2. The van der Waals surface area contributed by atoms with Gasteiger partial charge in [0.2, 0.25) is 0 Å². The fourth-order valence-corrected chi connectivity index (χ4v) is 4.82. The lowest BCUT2D eigenvalue weighted by Crippen LogP contribution is -2.47. The molecule has 1 aromatic heterocycles. The van der Waals surface area contributed by atoms with Crippen molar-refractivity contribution >= 4 is 22.5 Å². The molecule has 0 radical (unpaired) electrons. The van der Waals surface area contributed by atoms with Crippen LogP contribution >= 0.6 is 0 Å². The van der Waals surface area contributed by atoms with E-state index in [2.05, 4.69) is 15.2 Å². The topological polar surface area (TPSA) is 68.7 Å². The van der Waals surface area contributed by atoms with Gasteiger partial charge in [0.1, 0.15) is 5.82 Å². The number of aromatic nitrogens is 1. The standard InChI is InChI=1S/C25H27FN4O2/c26-19-6-7-22-20(16-19)23(21(17-28-22)24(31)30-14-10-27-11-15-30)29-12-8-25(32,9-13-29)18-4-2-1-3-5-18/h1-7,16-17,27,32H,8-15H2. The van der Waals surface area contributed by atoms with Gasteiger partial charge < -0.3 is 20.2 Å². The van der Waals surface area contributed by atoms with E-state index >= 15 is 0 Å². The third kappa shape index (κ3) is 3.82. The van der Waals surface area contributed by atoms with Gasteiger partial charge in [0.15, 0.2) is 0 Å². The molecule has 6 nitrogen and oxygen atoms in total. The number of carbonyl (C=O) groups is 1. The normalized spacial score (nSPS) is 18.7. The van der Waals surface area contributed by atoms with E-state index in [1.54, 1.807) is 12.3 Å². The summed E-state index contributed by atoms with van der Waals surface area (Å²) < 4.78 is 14.2. The molecule has 1 amide bonds. The molecule has 0 atom stereocenters. The summed E-state index contributed by atoms with van der Waals surface area (Å²) in [6.07, 6.45) is 2.67. The van der Waals surface area contributed by atoms with Crippen molar-refractivity contribution in [1.29, 1.82) is 0 Å². The van der Waals surface area contributed by atoms with E-state index in [0.29, 0.717) is 61.2 Å². The number of nitrogens with zero attached hydrogens (tertiary/aromatic N) is 3. The number of aliphatic hydroxyl groups is 1. The molecule has 0 bridgehead atoms. The van der Waals surface area contributed by atoms with Crippen LogP contribution in [0.3, 0.4) is 0 Å². The molecule has 0 unspecified atom stereocenters. The maximum Gasteiger partial charge on any atom is 0.257 e. The van der Waals surface area contributed by atoms with Gasteiger partial charge in [-0.3, -0.25) is 9.78 Å². The minimum Gasteiger partial charge on any atom is -0.385 e. The summed E-state index contributed by atoms with van der Waals surface area (Å²) in [5, 5.41) is 15.2. The van der Waals surface area contributed by atoms with Gasteiger partial charge in [-0.05, 0) is 36.6 Å². The van der Waals surface area contributed by atoms with E-state index in [1.807, 2.05) is 35.2 Å². The molecule has 2 N–H and O–H groups in total. The highest BCUT2D eigenvalue weighted by molar-refractivity contribution is 6.07. The van der Waals surface area contributed by atoms with Crippen molar-refractivity contribution < 1.29 is 14.3 Å². The number of piperazine rings is 1. The summed E-state index contributed by atoms with van der Waals surface area (Å²) in [6.45, 7) is 3.89. The molecule has 3 heterocycles. The summed E-state index contributed by atoms with van der Waals surface area (Å²) in [5.74, 6) is -0.436. The van der Waals surface area contributed by atoms with Gasteiger partial charge in [-0.25, -0.2) is 4.39 Å². The van der Waals surface area contributed by atoms with Crippen LogP contribution in [0, 0.1) is 5.82 Å². The van der Waals surface area contributed by atoms with Gasteiger partial charge in [-0.15, -0.1) is 0 Å². The fourth-order valence-electron chi connectivity index (χ4n) is 4.82. The number of fused-ring (bicyclic) bond motifs is 1. The summed E-state index contributed by atoms with van der Waals surface area (Å²) in [7, 11) is 0. The third-order valence-electron chi connectivity index (χ3n) is 6.65. The number of carbonyl (C=O) groups excluding carboxylic acids is 1. The van der Waals surface area contributed by atoms with Crippen molar-refractivity contribution in [1.82, 2.24) is 15.2 Å². The van der Waals surface area contributed by atoms with E-state index in [4.69, 9.17) is 0 Å².